The van der Waals surface area contributed by atoms with Crippen LogP contribution in [0.3, 0.4) is 0 Å². The lowest BCUT2D eigenvalue weighted by atomic mass is 10.0. The van der Waals surface area contributed by atoms with Gasteiger partial charge in [-0.3, -0.25) is 4.79 Å². The molecule has 20 heavy (non-hydrogen) atoms. The Morgan fingerprint density at radius 2 is 2.35 bits per heavy atom. The molecule has 2 N–H and O–H groups in total. The zero-order valence-electron chi connectivity index (χ0n) is 11.0. The van der Waals surface area contributed by atoms with Crippen molar-refractivity contribution in [2.75, 3.05) is 6.54 Å². The van der Waals surface area contributed by atoms with Gasteiger partial charge in [0.25, 0.3) is 0 Å². The number of rotatable bonds is 6. The zero-order valence-corrected chi connectivity index (χ0v) is 11.9. The molecule has 106 valence electrons. The van der Waals surface area contributed by atoms with Gasteiger partial charge in [-0.2, -0.15) is 0 Å². The van der Waals surface area contributed by atoms with Gasteiger partial charge in [0.15, 0.2) is 0 Å². The molecule has 2 aromatic rings. The number of nitrogens with one attached hydrogen (secondary N) is 1. The highest BCUT2D eigenvalue weighted by molar-refractivity contribution is 7.10. The Kier molecular flexibility index (Phi) is 3.63. The Morgan fingerprint density at radius 3 is 2.95 bits per heavy atom. The molecule has 0 spiro atoms. The van der Waals surface area contributed by atoms with Crippen LogP contribution in [0.25, 0.3) is 0 Å². The third kappa shape index (κ3) is 2.51. The monoisotopic (exact) mass is 291 g/mol. The molecule has 2 aromatic heterocycles. The normalized spacial score (nSPS) is 17.6. The first-order valence-electron chi connectivity index (χ1n) is 6.75. The van der Waals surface area contributed by atoms with Crippen molar-refractivity contribution < 1.29 is 14.3 Å². The summed E-state index contributed by atoms with van der Waals surface area (Å²) in [4.78, 5) is 13.4. The third-order valence-electron chi connectivity index (χ3n) is 3.81. The third-order valence-corrected chi connectivity index (χ3v) is 4.88. The molecule has 1 atom stereocenters. The molecule has 1 amide bonds. The minimum Gasteiger partial charge on any atom is -0.472 e. The highest BCUT2D eigenvalue weighted by Gasteiger charge is 2.51. The van der Waals surface area contributed by atoms with Gasteiger partial charge in [0.1, 0.15) is 0 Å². The van der Waals surface area contributed by atoms with E-state index in [9.17, 15) is 9.90 Å². The van der Waals surface area contributed by atoms with Gasteiger partial charge < -0.3 is 14.8 Å². The maximum Gasteiger partial charge on any atom is 0.231 e. The second-order valence-corrected chi connectivity index (χ2v) is 6.12. The summed E-state index contributed by atoms with van der Waals surface area (Å²) < 4.78 is 4.93. The lowest BCUT2D eigenvalue weighted by Gasteiger charge is -2.15. The molecule has 1 fully saturated rings. The van der Waals surface area contributed by atoms with Crippen LogP contribution in [0.15, 0.2) is 40.5 Å². The van der Waals surface area contributed by atoms with Crippen LogP contribution >= 0.6 is 11.3 Å². The van der Waals surface area contributed by atoms with Gasteiger partial charge in [-0.15, -0.1) is 11.3 Å². The Balaban J connectivity index is 1.51. The van der Waals surface area contributed by atoms with Crippen molar-refractivity contribution in [3.8, 4) is 0 Å². The van der Waals surface area contributed by atoms with Crippen molar-refractivity contribution >= 4 is 17.2 Å². The number of amides is 1. The Bertz CT molecular complexity index is 558. The lowest BCUT2D eigenvalue weighted by molar-refractivity contribution is -0.123. The maximum absolute atomic E-state index is 12.3. The van der Waals surface area contributed by atoms with Crippen molar-refractivity contribution in [1.29, 1.82) is 0 Å². The molecule has 0 saturated heterocycles. The fourth-order valence-corrected chi connectivity index (χ4v) is 3.37. The van der Waals surface area contributed by atoms with E-state index in [1.165, 1.54) is 12.5 Å². The molecule has 0 aliphatic heterocycles. The van der Waals surface area contributed by atoms with Gasteiger partial charge >= 0.3 is 0 Å². The average molecular weight is 291 g/mol. The van der Waals surface area contributed by atoms with E-state index in [1.54, 1.807) is 17.4 Å². The van der Waals surface area contributed by atoms with Gasteiger partial charge in [0.05, 0.1) is 24.0 Å². The molecular formula is C15H17NO3S. The molecule has 1 saturated carbocycles. The largest absolute Gasteiger partial charge is 0.472 e. The predicted octanol–water partition coefficient (Wildman–Crippen LogP) is 2.61. The van der Waals surface area contributed by atoms with Gasteiger partial charge in [0.2, 0.25) is 5.91 Å². The van der Waals surface area contributed by atoms with Crippen LogP contribution < -0.4 is 5.32 Å². The second-order valence-electron chi connectivity index (χ2n) is 5.18. The summed E-state index contributed by atoms with van der Waals surface area (Å²) >= 11 is 1.64. The number of carbonyl (C=O) groups excluding carboxylic acids is 1. The van der Waals surface area contributed by atoms with E-state index in [0.29, 0.717) is 13.0 Å². The smallest absolute Gasteiger partial charge is 0.231 e. The molecule has 0 bridgehead atoms. The molecule has 5 heteroatoms. The molecule has 1 unspecified atom stereocenters. The number of furan rings is 1. The van der Waals surface area contributed by atoms with Gasteiger partial charge in [-0.25, -0.2) is 0 Å². The van der Waals surface area contributed by atoms with Crippen molar-refractivity contribution in [2.24, 2.45) is 0 Å². The highest BCUT2D eigenvalue weighted by Crippen LogP contribution is 2.50. The summed E-state index contributed by atoms with van der Waals surface area (Å²) in [5.41, 5.74) is 0.452. The van der Waals surface area contributed by atoms with Crippen LogP contribution in [-0.2, 0) is 10.2 Å². The number of aliphatic hydroxyl groups is 1. The number of hydrogen-bond acceptors (Lipinski definition) is 4. The predicted molar refractivity (Wildman–Crippen MR) is 76.5 cm³/mol. The quantitative estimate of drug-likeness (QED) is 0.860. The molecule has 0 radical (unpaired) electrons. The molecule has 4 nitrogen and oxygen atoms in total. The summed E-state index contributed by atoms with van der Waals surface area (Å²) in [6.45, 7) is 0.471. The van der Waals surface area contributed by atoms with E-state index >= 15 is 0 Å². The number of thiophene rings is 1. The highest BCUT2D eigenvalue weighted by atomic mass is 32.1. The number of carbonyl (C=O) groups is 1. The van der Waals surface area contributed by atoms with Gasteiger partial charge in [0, 0.05) is 17.0 Å². The van der Waals surface area contributed by atoms with Crippen molar-refractivity contribution in [3.63, 3.8) is 0 Å². The fourth-order valence-electron chi connectivity index (χ4n) is 2.38. The average Bonchev–Trinajstić information content (AvgIpc) is 2.90. The van der Waals surface area contributed by atoms with Crippen LogP contribution in [0.1, 0.15) is 35.8 Å². The van der Waals surface area contributed by atoms with Crippen LogP contribution in [0.2, 0.25) is 0 Å². The second kappa shape index (κ2) is 5.42. The van der Waals surface area contributed by atoms with Gasteiger partial charge in [-0.1, -0.05) is 6.07 Å². The molecule has 1 aliphatic rings. The van der Waals surface area contributed by atoms with Gasteiger partial charge in [-0.05, 0) is 36.8 Å². The van der Waals surface area contributed by atoms with Crippen LogP contribution in [-0.4, -0.2) is 17.6 Å². The Labute approximate surface area is 121 Å². The van der Waals surface area contributed by atoms with E-state index in [1.807, 2.05) is 17.5 Å². The van der Waals surface area contributed by atoms with E-state index in [0.717, 1.165) is 23.3 Å². The SMILES string of the molecule is O=C(NCCC(O)c1ccoc1)C1(c2cccs2)CC1. The Hall–Kier alpha value is -1.59. The summed E-state index contributed by atoms with van der Waals surface area (Å²) in [5.74, 6) is 0.0827. The molecule has 0 aromatic carbocycles. The summed E-state index contributed by atoms with van der Waals surface area (Å²) in [7, 11) is 0. The molecule has 1 aliphatic carbocycles. The van der Waals surface area contributed by atoms with Crippen LogP contribution in [0, 0.1) is 0 Å². The van der Waals surface area contributed by atoms with E-state index in [-0.39, 0.29) is 11.3 Å². The Morgan fingerprint density at radius 1 is 1.50 bits per heavy atom. The first-order valence-corrected chi connectivity index (χ1v) is 7.63. The fraction of sp³-hybridized carbons (Fsp3) is 0.400. The number of hydrogen-bond donors (Lipinski definition) is 2. The summed E-state index contributed by atoms with van der Waals surface area (Å²) in [6, 6.07) is 5.74. The van der Waals surface area contributed by atoms with Crippen molar-refractivity contribution in [1.82, 2.24) is 5.32 Å². The standard InChI is InChI=1S/C15H17NO3S/c17-12(11-4-8-19-10-11)3-7-16-14(18)15(5-6-15)13-2-1-9-20-13/h1-2,4,8-10,12,17H,3,5-7H2,(H,16,18). The first kappa shape index (κ1) is 13.4. The maximum atomic E-state index is 12.3. The number of aliphatic hydroxyl groups excluding tert-OH is 1. The zero-order chi connectivity index (χ0) is 14.0. The molecular weight excluding hydrogens is 274 g/mol. The van der Waals surface area contributed by atoms with Crippen molar-refractivity contribution in [3.05, 3.63) is 46.5 Å². The summed E-state index contributed by atoms with van der Waals surface area (Å²) in [6.07, 6.45) is 4.80. The van der Waals surface area contributed by atoms with Crippen LogP contribution in [0.4, 0.5) is 0 Å². The van der Waals surface area contributed by atoms with Crippen LogP contribution in [0.5, 0.6) is 0 Å². The van der Waals surface area contributed by atoms with E-state index in [4.69, 9.17) is 4.42 Å². The first-order chi connectivity index (χ1) is 9.72. The minimum atomic E-state index is -0.592. The van der Waals surface area contributed by atoms with E-state index in [2.05, 4.69) is 5.32 Å². The van der Waals surface area contributed by atoms with E-state index < -0.39 is 6.10 Å². The lowest BCUT2D eigenvalue weighted by Crippen LogP contribution is -2.35. The summed E-state index contributed by atoms with van der Waals surface area (Å²) in [5, 5.41) is 14.9. The molecule has 3 rings (SSSR count). The molecule has 2 heterocycles. The minimum absolute atomic E-state index is 0.0827. The van der Waals surface area contributed by atoms with Crippen molar-refractivity contribution in [2.45, 2.75) is 30.8 Å². The topological polar surface area (TPSA) is 62.5 Å².